The lowest BCUT2D eigenvalue weighted by Crippen LogP contribution is -2.41. The number of phenols is 1. The molecule has 0 amide bonds. The molecule has 0 aliphatic heterocycles. The third-order valence-corrected chi connectivity index (χ3v) is 7.99. The molecule has 0 unspecified atom stereocenters. The molecule has 0 bridgehead atoms. The van der Waals surface area contributed by atoms with Crippen molar-refractivity contribution >= 4 is 38.2 Å². The molecule has 0 radical (unpaired) electrons. The molecule has 2 aromatic heterocycles. The van der Waals surface area contributed by atoms with Crippen LogP contribution in [0.25, 0.3) is 10.9 Å². The first-order valence-electron chi connectivity index (χ1n) is 9.94. The third-order valence-electron chi connectivity index (χ3n) is 5.03. The van der Waals surface area contributed by atoms with Crippen molar-refractivity contribution < 1.29 is 23.4 Å². The van der Waals surface area contributed by atoms with Crippen LogP contribution in [0.15, 0.2) is 65.0 Å². The van der Waals surface area contributed by atoms with E-state index in [9.17, 15) is 23.4 Å². The number of hydrogen-bond donors (Lipinski definition) is 4. The van der Waals surface area contributed by atoms with E-state index in [2.05, 4.69) is 21.5 Å². The summed E-state index contributed by atoms with van der Waals surface area (Å²) in [7, 11) is -4.08. The molecular weight excluding hydrogens is 460 g/mol. The summed E-state index contributed by atoms with van der Waals surface area (Å²) in [6.45, 7) is 1.98. The van der Waals surface area contributed by atoms with Crippen LogP contribution in [0.5, 0.6) is 5.75 Å². The summed E-state index contributed by atoms with van der Waals surface area (Å²) >= 11 is 0.972. The molecule has 0 saturated heterocycles. The number of aliphatic carboxylic acids is 1. The summed E-state index contributed by atoms with van der Waals surface area (Å²) in [5.41, 5.74) is 2.97. The van der Waals surface area contributed by atoms with Crippen molar-refractivity contribution in [3.63, 3.8) is 0 Å². The van der Waals surface area contributed by atoms with E-state index >= 15 is 0 Å². The third kappa shape index (κ3) is 5.09. The number of aromatic nitrogens is 1. The zero-order valence-corrected chi connectivity index (χ0v) is 19.1. The molecule has 0 saturated carbocycles. The Labute approximate surface area is 194 Å². The summed E-state index contributed by atoms with van der Waals surface area (Å²) in [4.78, 5) is 15.3. The lowest BCUT2D eigenvalue weighted by Gasteiger charge is -2.13. The van der Waals surface area contributed by atoms with Crippen LogP contribution in [0.4, 0.5) is 0 Å². The zero-order valence-electron chi connectivity index (χ0n) is 17.5. The van der Waals surface area contributed by atoms with Crippen LogP contribution in [0, 0.1) is 18.8 Å². The minimum atomic E-state index is -4.08. The number of carbonyl (C=O) groups is 1. The van der Waals surface area contributed by atoms with Crippen molar-refractivity contribution in [1.82, 2.24) is 9.71 Å². The predicted octanol–water partition coefficient (Wildman–Crippen LogP) is 3.62. The van der Waals surface area contributed by atoms with Crippen molar-refractivity contribution in [2.45, 2.75) is 23.6 Å². The maximum absolute atomic E-state index is 12.9. The number of carboxylic acids is 1. The van der Waals surface area contributed by atoms with E-state index in [1.54, 1.807) is 24.4 Å². The molecule has 2 aromatic carbocycles. The Balaban J connectivity index is 1.53. The highest BCUT2D eigenvalue weighted by Gasteiger charge is 2.27. The summed E-state index contributed by atoms with van der Waals surface area (Å²) in [6, 6.07) is 14.2. The van der Waals surface area contributed by atoms with Crippen LogP contribution < -0.4 is 4.72 Å². The van der Waals surface area contributed by atoms with E-state index in [0.717, 1.165) is 22.5 Å². The quantitative estimate of drug-likeness (QED) is 0.314. The van der Waals surface area contributed by atoms with Gasteiger partial charge in [-0.15, -0.1) is 11.3 Å². The number of aryl methyl sites for hydroxylation is 1. The van der Waals surface area contributed by atoms with Crippen molar-refractivity contribution in [1.29, 1.82) is 0 Å². The standard InChI is InChI=1S/C24H20N2O5S2/c1-15-5-7-16(8-6-15)9-10-18-11-12-22(32-18)33(30,31)26-20(24(28)29)13-17-14-25-23-19(17)3-2-4-21(23)27/h2-8,11-12,14,20,25-27H,13H2,1H3,(H,28,29)/t20-/m1/s1. The number of sulfonamides is 1. The van der Waals surface area contributed by atoms with E-state index in [0.29, 0.717) is 21.3 Å². The Morgan fingerprint density at radius 3 is 2.61 bits per heavy atom. The van der Waals surface area contributed by atoms with Crippen molar-refractivity contribution in [3.8, 4) is 17.6 Å². The number of benzene rings is 2. The number of thiophene rings is 1. The van der Waals surface area contributed by atoms with E-state index in [1.165, 1.54) is 12.1 Å². The van der Waals surface area contributed by atoms with E-state index in [1.807, 2.05) is 31.2 Å². The second-order valence-corrected chi connectivity index (χ2v) is 10.5. The maximum Gasteiger partial charge on any atom is 0.322 e. The number of rotatable bonds is 6. The molecule has 33 heavy (non-hydrogen) atoms. The van der Waals surface area contributed by atoms with Gasteiger partial charge in [-0.3, -0.25) is 4.79 Å². The normalized spacial score (nSPS) is 12.3. The first-order chi connectivity index (χ1) is 15.7. The number of hydrogen-bond acceptors (Lipinski definition) is 5. The number of phenolic OH excluding ortho intramolecular Hbond substituents is 1. The maximum atomic E-state index is 12.9. The Morgan fingerprint density at radius 1 is 1.12 bits per heavy atom. The lowest BCUT2D eigenvalue weighted by atomic mass is 10.1. The molecule has 0 aliphatic carbocycles. The van der Waals surface area contributed by atoms with Crippen LogP contribution in [-0.2, 0) is 21.2 Å². The average Bonchev–Trinajstić information content (AvgIpc) is 3.41. The molecule has 0 aliphatic rings. The molecule has 7 nitrogen and oxygen atoms in total. The van der Waals surface area contributed by atoms with Crippen LogP contribution in [-0.4, -0.2) is 35.6 Å². The van der Waals surface area contributed by atoms with Gasteiger partial charge in [-0.2, -0.15) is 4.72 Å². The molecule has 4 rings (SSSR count). The van der Waals surface area contributed by atoms with Gasteiger partial charge in [0.2, 0.25) is 0 Å². The van der Waals surface area contributed by atoms with Crippen molar-refractivity contribution in [2.24, 2.45) is 0 Å². The Bertz CT molecular complexity index is 1490. The Kier molecular flexibility index (Phi) is 6.24. The first kappa shape index (κ1) is 22.6. The van der Waals surface area contributed by atoms with Gasteiger partial charge in [0.25, 0.3) is 10.0 Å². The first-order valence-corrected chi connectivity index (χ1v) is 12.2. The number of aromatic hydroxyl groups is 1. The second kappa shape index (κ2) is 9.11. The number of nitrogens with one attached hydrogen (secondary N) is 2. The van der Waals surface area contributed by atoms with Gasteiger partial charge in [0.05, 0.1) is 10.4 Å². The van der Waals surface area contributed by atoms with Crippen LogP contribution in [0.3, 0.4) is 0 Å². The number of carboxylic acid groups (broad SMARTS) is 1. The molecule has 9 heteroatoms. The highest BCUT2D eigenvalue weighted by atomic mass is 32.2. The monoisotopic (exact) mass is 480 g/mol. The molecule has 1 atom stereocenters. The van der Waals surface area contributed by atoms with Crippen LogP contribution in [0.1, 0.15) is 21.6 Å². The van der Waals surface area contributed by atoms with Gasteiger partial charge < -0.3 is 15.2 Å². The second-order valence-electron chi connectivity index (χ2n) is 7.46. The van der Waals surface area contributed by atoms with E-state index in [4.69, 9.17) is 0 Å². The predicted molar refractivity (Wildman–Crippen MR) is 127 cm³/mol. The van der Waals surface area contributed by atoms with Gasteiger partial charge in [-0.05, 0) is 42.8 Å². The largest absolute Gasteiger partial charge is 0.506 e. The smallest absolute Gasteiger partial charge is 0.322 e. The van der Waals surface area contributed by atoms with Crippen LogP contribution >= 0.6 is 11.3 Å². The fraction of sp³-hybridized carbons (Fsp3) is 0.125. The number of fused-ring (bicyclic) bond motifs is 1. The van der Waals surface area contributed by atoms with Gasteiger partial charge in [-0.25, -0.2) is 8.42 Å². The summed E-state index contributed by atoms with van der Waals surface area (Å²) in [6.07, 6.45) is 1.47. The van der Waals surface area contributed by atoms with Crippen LogP contribution in [0.2, 0.25) is 0 Å². The molecule has 4 aromatic rings. The molecule has 2 heterocycles. The SMILES string of the molecule is Cc1ccc(C#Cc2ccc(S(=O)(=O)N[C@H](Cc3c[nH]c4c(O)cccc34)C(=O)O)s2)cc1. The highest BCUT2D eigenvalue weighted by Crippen LogP contribution is 2.27. The Morgan fingerprint density at radius 2 is 1.88 bits per heavy atom. The topological polar surface area (TPSA) is 119 Å². The molecule has 0 fully saturated rings. The molecule has 0 spiro atoms. The van der Waals surface area contributed by atoms with E-state index < -0.39 is 22.0 Å². The summed E-state index contributed by atoms with van der Waals surface area (Å²) < 4.78 is 28.0. The lowest BCUT2D eigenvalue weighted by molar-refractivity contribution is -0.138. The molecule has 168 valence electrons. The fourth-order valence-corrected chi connectivity index (χ4v) is 5.68. The highest BCUT2D eigenvalue weighted by molar-refractivity contribution is 7.91. The molecule has 4 N–H and O–H groups in total. The van der Waals surface area contributed by atoms with Gasteiger partial charge in [-0.1, -0.05) is 41.7 Å². The average molecular weight is 481 g/mol. The minimum absolute atomic E-state index is 0.0153. The van der Waals surface area contributed by atoms with Gasteiger partial charge >= 0.3 is 5.97 Å². The summed E-state index contributed by atoms with van der Waals surface area (Å²) in [5.74, 6) is 4.66. The zero-order chi connectivity index (χ0) is 23.6. The number of H-pyrrole nitrogens is 1. The van der Waals surface area contributed by atoms with Gasteiger partial charge in [0.1, 0.15) is 16.0 Å². The van der Waals surface area contributed by atoms with Gasteiger partial charge in [0.15, 0.2) is 0 Å². The Hall–Kier alpha value is -3.58. The number of para-hydroxylation sites is 1. The minimum Gasteiger partial charge on any atom is -0.506 e. The van der Waals surface area contributed by atoms with Crippen molar-refractivity contribution in [3.05, 3.63) is 82.4 Å². The fourth-order valence-electron chi connectivity index (χ4n) is 3.31. The number of aromatic amines is 1. The van der Waals surface area contributed by atoms with Crippen molar-refractivity contribution in [2.75, 3.05) is 0 Å². The van der Waals surface area contributed by atoms with E-state index in [-0.39, 0.29) is 16.4 Å². The summed E-state index contributed by atoms with van der Waals surface area (Å²) in [5, 5.41) is 20.2. The molecular formula is C24H20N2O5S2. The van der Waals surface area contributed by atoms with Gasteiger partial charge in [0, 0.05) is 23.6 Å².